The molecule has 5 unspecified atom stereocenters. The molecule has 7 atom stereocenters. The molecule has 140 valence electrons. The van der Waals surface area contributed by atoms with Crippen molar-refractivity contribution < 1.29 is 5.11 Å². The van der Waals surface area contributed by atoms with Crippen LogP contribution in [0.15, 0.2) is 36.4 Å². The number of aliphatic hydroxyl groups excluding tert-OH is 1. The number of hydrogen-bond donors (Lipinski definition) is 1. The van der Waals surface area contributed by atoms with Crippen molar-refractivity contribution in [1.82, 2.24) is 0 Å². The summed E-state index contributed by atoms with van der Waals surface area (Å²) in [5, 5.41) is 10.2. The zero-order valence-corrected chi connectivity index (χ0v) is 16.5. The van der Waals surface area contributed by atoms with Crippen LogP contribution in [0.4, 0.5) is 0 Å². The van der Waals surface area contributed by atoms with E-state index in [1.54, 1.807) is 5.57 Å². The minimum absolute atomic E-state index is 0.0312. The van der Waals surface area contributed by atoms with E-state index in [4.69, 9.17) is 0 Å². The van der Waals surface area contributed by atoms with Gasteiger partial charge in [-0.2, -0.15) is 0 Å². The van der Waals surface area contributed by atoms with Gasteiger partial charge in [-0.1, -0.05) is 50.3 Å². The largest absolute Gasteiger partial charge is 0.393 e. The molecule has 3 saturated carbocycles. The van der Waals surface area contributed by atoms with Crippen molar-refractivity contribution in [2.24, 2.45) is 34.5 Å². The van der Waals surface area contributed by atoms with Crippen LogP contribution in [0.25, 0.3) is 5.57 Å². The molecule has 0 bridgehead atoms. The third kappa shape index (κ3) is 2.32. The predicted molar refractivity (Wildman–Crippen MR) is 108 cm³/mol. The minimum atomic E-state index is -0.0312. The van der Waals surface area contributed by atoms with E-state index in [0.29, 0.717) is 10.8 Å². The zero-order chi connectivity index (χ0) is 17.9. The number of fused-ring (bicyclic) bond motifs is 5. The van der Waals surface area contributed by atoms with Gasteiger partial charge in [0.05, 0.1) is 6.10 Å². The molecule has 0 amide bonds. The van der Waals surface area contributed by atoms with E-state index in [0.717, 1.165) is 36.5 Å². The third-order valence-corrected chi connectivity index (χ3v) is 9.30. The molecule has 0 aliphatic heterocycles. The molecule has 0 radical (unpaired) electrons. The highest BCUT2D eigenvalue weighted by Crippen LogP contribution is 2.67. The fourth-order valence-electron chi connectivity index (χ4n) is 7.87. The van der Waals surface area contributed by atoms with Crippen molar-refractivity contribution in [3.8, 4) is 0 Å². The molecule has 1 N–H and O–H groups in total. The standard InChI is InChI=1S/C25H34O/c1-24-14-12-19(26)16-18(24)8-9-20-22-11-10-21(17-6-4-3-5-7-17)25(22,2)15-13-23(20)24/h3-7,10,18-20,22-23,26H,8-9,11-16H2,1-2H3/t18?,19?,20?,22?,23?,24-,25+/m0/s1. The van der Waals surface area contributed by atoms with E-state index in [-0.39, 0.29) is 6.10 Å². The Labute approximate surface area is 158 Å². The summed E-state index contributed by atoms with van der Waals surface area (Å²) in [7, 11) is 0. The van der Waals surface area contributed by atoms with Gasteiger partial charge in [-0.25, -0.2) is 0 Å². The van der Waals surface area contributed by atoms with E-state index in [1.807, 2.05) is 0 Å². The van der Waals surface area contributed by atoms with Crippen LogP contribution in [0, 0.1) is 34.5 Å². The normalized spacial score (nSPS) is 47.5. The van der Waals surface area contributed by atoms with Gasteiger partial charge in [-0.05, 0) is 97.0 Å². The highest BCUT2D eigenvalue weighted by Gasteiger charge is 2.58. The number of rotatable bonds is 1. The Kier molecular flexibility index (Phi) is 3.91. The predicted octanol–water partition coefficient (Wildman–Crippen LogP) is 6.08. The topological polar surface area (TPSA) is 20.2 Å². The fourth-order valence-corrected chi connectivity index (χ4v) is 7.87. The van der Waals surface area contributed by atoms with Crippen LogP contribution >= 0.6 is 0 Å². The van der Waals surface area contributed by atoms with Gasteiger partial charge in [-0.3, -0.25) is 0 Å². The molecule has 4 aliphatic rings. The highest BCUT2D eigenvalue weighted by molar-refractivity contribution is 5.72. The Morgan fingerprint density at radius 1 is 0.923 bits per heavy atom. The van der Waals surface area contributed by atoms with Crippen molar-refractivity contribution in [2.75, 3.05) is 0 Å². The fraction of sp³-hybridized carbons (Fsp3) is 0.680. The average Bonchev–Trinajstić information content (AvgIpc) is 3.00. The SMILES string of the molecule is C[C@]12CCC(O)CC1CCC1C2CC[C@]2(C)C(c3ccccc3)=CCC12. The van der Waals surface area contributed by atoms with Gasteiger partial charge in [0.2, 0.25) is 0 Å². The van der Waals surface area contributed by atoms with Crippen molar-refractivity contribution in [1.29, 1.82) is 0 Å². The van der Waals surface area contributed by atoms with E-state index in [9.17, 15) is 5.11 Å². The van der Waals surface area contributed by atoms with Gasteiger partial charge < -0.3 is 5.11 Å². The Morgan fingerprint density at radius 3 is 2.54 bits per heavy atom. The molecule has 1 heteroatoms. The van der Waals surface area contributed by atoms with Crippen LogP contribution in [0.2, 0.25) is 0 Å². The summed E-state index contributed by atoms with van der Waals surface area (Å²) in [6.07, 6.45) is 12.7. The van der Waals surface area contributed by atoms with Crippen LogP contribution in [-0.4, -0.2) is 11.2 Å². The molecular weight excluding hydrogens is 316 g/mol. The summed E-state index contributed by atoms with van der Waals surface area (Å²) in [4.78, 5) is 0. The van der Waals surface area contributed by atoms with Crippen LogP contribution in [0.3, 0.4) is 0 Å². The van der Waals surface area contributed by atoms with Crippen molar-refractivity contribution in [3.05, 3.63) is 42.0 Å². The number of aliphatic hydroxyl groups is 1. The monoisotopic (exact) mass is 350 g/mol. The maximum atomic E-state index is 10.2. The van der Waals surface area contributed by atoms with Crippen molar-refractivity contribution in [3.63, 3.8) is 0 Å². The molecule has 0 spiro atoms. The summed E-state index contributed by atoms with van der Waals surface area (Å²) in [6, 6.07) is 11.1. The highest BCUT2D eigenvalue weighted by atomic mass is 16.3. The summed E-state index contributed by atoms with van der Waals surface area (Å²) < 4.78 is 0. The van der Waals surface area contributed by atoms with Crippen LogP contribution in [0.1, 0.15) is 70.8 Å². The smallest absolute Gasteiger partial charge is 0.0543 e. The molecule has 1 aromatic carbocycles. The van der Waals surface area contributed by atoms with E-state index in [1.165, 1.54) is 44.1 Å². The maximum Gasteiger partial charge on any atom is 0.0543 e. The maximum absolute atomic E-state index is 10.2. The number of benzene rings is 1. The first-order chi connectivity index (χ1) is 12.5. The van der Waals surface area contributed by atoms with Crippen LogP contribution in [-0.2, 0) is 0 Å². The molecule has 1 aromatic rings. The molecule has 0 saturated heterocycles. The lowest BCUT2D eigenvalue weighted by Gasteiger charge is -2.60. The third-order valence-electron chi connectivity index (χ3n) is 9.30. The van der Waals surface area contributed by atoms with Crippen molar-refractivity contribution in [2.45, 2.75) is 71.3 Å². The van der Waals surface area contributed by atoms with E-state index >= 15 is 0 Å². The Balaban J connectivity index is 1.44. The van der Waals surface area contributed by atoms with Gasteiger partial charge in [0, 0.05) is 0 Å². The lowest BCUT2D eigenvalue weighted by Crippen LogP contribution is -2.53. The van der Waals surface area contributed by atoms with Gasteiger partial charge in [-0.15, -0.1) is 0 Å². The van der Waals surface area contributed by atoms with Crippen LogP contribution < -0.4 is 0 Å². The molecular formula is C25H34O. The summed E-state index contributed by atoms with van der Waals surface area (Å²) >= 11 is 0. The molecule has 26 heavy (non-hydrogen) atoms. The summed E-state index contributed by atoms with van der Waals surface area (Å²) in [6.45, 7) is 5.16. The van der Waals surface area contributed by atoms with Gasteiger partial charge in [0.25, 0.3) is 0 Å². The second-order valence-electron chi connectivity index (χ2n) is 10.3. The van der Waals surface area contributed by atoms with E-state index in [2.05, 4.69) is 50.3 Å². The van der Waals surface area contributed by atoms with Gasteiger partial charge in [0.15, 0.2) is 0 Å². The lowest BCUT2D eigenvalue weighted by molar-refractivity contribution is -0.115. The quantitative estimate of drug-likeness (QED) is 0.650. The first kappa shape index (κ1) is 17.0. The lowest BCUT2D eigenvalue weighted by atomic mass is 9.44. The first-order valence-corrected chi connectivity index (χ1v) is 11.0. The minimum Gasteiger partial charge on any atom is -0.393 e. The second-order valence-corrected chi connectivity index (χ2v) is 10.3. The number of hydrogen-bond acceptors (Lipinski definition) is 1. The summed E-state index contributed by atoms with van der Waals surface area (Å²) in [5.41, 5.74) is 3.95. The second kappa shape index (κ2) is 5.96. The average molecular weight is 351 g/mol. The van der Waals surface area contributed by atoms with Gasteiger partial charge in [0.1, 0.15) is 0 Å². The first-order valence-electron chi connectivity index (χ1n) is 11.0. The molecule has 1 nitrogen and oxygen atoms in total. The molecule has 0 aromatic heterocycles. The molecule has 3 fully saturated rings. The van der Waals surface area contributed by atoms with E-state index < -0.39 is 0 Å². The van der Waals surface area contributed by atoms with Crippen molar-refractivity contribution >= 4 is 5.57 Å². The molecule has 5 rings (SSSR count). The zero-order valence-electron chi connectivity index (χ0n) is 16.5. The molecule has 4 aliphatic carbocycles. The Bertz CT molecular complexity index is 706. The summed E-state index contributed by atoms with van der Waals surface area (Å²) in [5.74, 6) is 3.37. The number of allylic oxidation sites excluding steroid dienone is 2. The Hall–Kier alpha value is -1.08. The van der Waals surface area contributed by atoms with Crippen LogP contribution in [0.5, 0.6) is 0 Å². The Morgan fingerprint density at radius 2 is 1.73 bits per heavy atom. The molecule has 0 heterocycles. The van der Waals surface area contributed by atoms with Gasteiger partial charge >= 0.3 is 0 Å².